The summed E-state index contributed by atoms with van der Waals surface area (Å²) in [6.45, 7) is 5.59. The van der Waals surface area contributed by atoms with Crippen LogP contribution in [0.5, 0.6) is 0 Å². The molecule has 0 aromatic carbocycles. The lowest BCUT2D eigenvalue weighted by Crippen LogP contribution is -2.45. The molecule has 2 aliphatic rings. The molecule has 2 nitrogen and oxygen atoms in total. The van der Waals surface area contributed by atoms with Gasteiger partial charge < -0.3 is 5.32 Å². The lowest BCUT2D eigenvalue weighted by Gasteiger charge is -2.44. The van der Waals surface area contributed by atoms with E-state index in [2.05, 4.69) is 19.2 Å². The van der Waals surface area contributed by atoms with Gasteiger partial charge in [0.2, 0.25) is 5.91 Å². The van der Waals surface area contributed by atoms with E-state index >= 15 is 0 Å². The average molecular weight is 223 g/mol. The molecule has 1 amide bonds. The number of carbonyl (C=O) groups excluding carboxylic acids is 1. The summed E-state index contributed by atoms with van der Waals surface area (Å²) in [5, 5.41) is 3.08. The van der Waals surface area contributed by atoms with Crippen molar-refractivity contribution in [3.63, 3.8) is 0 Å². The Balaban J connectivity index is 1.92. The molecule has 1 aliphatic carbocycles. The highest BCUT2D eigenvalue weighted by Gasteiger charge is 2.38. The van der Waals surface area contributed by atoms with Crippen molar-refractivity contribution < 1.29 is 4.79 Å². The summed E-state index contributed by atoms with van der Waals surface area (Å²) in [5.41, 5.74) is 0.464. The molecule has 1 spiro atoms. The van der Waals surface area contributed by atoms with Gasteiger partial charge in [0.25, 0.3) is 0 Å². The monoisotopic (exact) mass is 223 g/mol. The van der Waals surface area contributed by atoms with Crippen LogP contribution in [0.15, 0.2) is 0 Å². The van der Waals surface area contributed by atoms with Gasteiger partial charge in [0, 0.05) is 13.0 Å². The van der Waals surface area contributed by atoms with Crippen molar-refractivity contribution in [2.75, 3.05) is 6.54 Å². The molecule has 2 atom stereocenters. The fourth-order valence-electron chi connectivity index (χ4n) is 3.68. The van der Waals surface area contributed by atoms with Crippen molar-refractivity contribution in [3.05, 3.63) is 0 Å². The zero-order valence-corrected chi connectivity index (χ0v) is 10.7. The fraction of sp³-hybridized carbons (Fsp3) is 0.929. The molecule has 92 valence electrons. The van der Waals surface area contributed by atoms with Gasteiger partial charge in [0.1, 0.15) is 0 Å². The number of nitrogens with one attached hydrogen (secondary N) is 1. The van der Waals surface area contributed by atoms with E-state index in [1.165, 1.54) is 32.1 Å². The van der Waals surface area contributed by atoms with Gasteiger partial charge in [-0.3, -0.25) is 4.79 Å². The van der Waals surface area contributed by atoms with E-state index in [1.54, 1.807) is 0 Å². The molecule has 16 heavy (non-hydrogen) atoms. The zero-order valence-electron chi connectivity index (χ0n) is 10.7. The normalized spacial score (nSPS) is 35.4. The van der Waals surface area contributed by atoms with E-state index in [-0.39, 0.29) is 5.91 Å². The molecule has 1 saturated carbocycles. The fourth-order valence-corrected chi connectivity index (χ4v) is 3.68. The molecule has 0 bridgehead atoms. The van der Waals surface area contributed by atoms with Crippen molar-refractivity contribution in [1.29, 1.82) is 0 Å². The highest BCUT2D eigenvalue weighted by molar-refractivity contribution is 5.76. The third-order valence-electron chi connectivity index (χ3n) is 4.39. The molecule has 0 aromatic heterocycles. The molecule has 1 aliphatic heterocycles. The van der Waals surface area contributed by atoms with E-state index in [9.17, 15) is 4.79 Å². The van der Waals surface area contributed by atoms with Crippen LogP contribution < -0.4 is 5.32 Å². The summed E-state index contributed by atoms with van der Waals surface area (Å²) in [4.78, 5) is 11.2. The van der Waals surface area contributed by atoms with Crippen LogP contribution in [0.25, 0.3) is 0 Å². The largest absolute Gasteiger partial charge is 0.356 e. The summed E-state index contributed by atoms with van der Waals surface area (Å²) >= 11 is 0. The Bertz CT molecular complexity index is 249. The highest BCUT2D eigenvalue weighted by Crippen LogP contribution is 2.45. The maximum absolute atomic E-state index is 11.2. The predicted molar refractivity (Wildman–Crippen MR) is 66.1 cm³/mol. The molecule has 1 saturated heterocycles. The number of hydrogen-bond donors (Lipinski definition) is 1. The van der Waals surface area contributed by atoms with Crippen molar-refractivity contribution >= 4 is 5.91 Å². The minimum Gasteiger partial charge on any atom is -0.356 e. The third kappa shape index (κ3) is 2.78. The van der Waals surface area contributed by atoms with Gasteiger partial charge >= 0.3 is 0 Å². The second-order valence-electron chi connectivity index (χ2n) is 6.37. The average Bonchev–Trinajstić information content (AvgIpc) is 2.22. The smallest absolute Gasteiger partial charge is 0.220 e. The van der Waals surface area contributed by atoms with E-state index in [0.717, 1.165) is 31.2 Å². The minimum atomic E-state index is 0.261. The molecule has 2 heteroatoms. The molecule has 0 aromatic rings. The van der Waals surface area contributed by atoms with Gasteiger partial charge in [-0.05, 0) is 42.9 Å². The summed E-state index contributed by atoms with van der Waals surface area (Å²) in [6, 6.07) is 0. The molecule has 2 unspecified atom stereocenters. The van der Waals surface area contributed by atoms with Crippen molar-refractivity contribution in [3.8, 4) is 0 Å². The quantitative estimate of drug-likeness (QED) is 0.765. The maximum atomic E-state index is 11.2. The number of rotatable bonds is 2. The van der Waals surface area contributed by atoms with Gasteiger partial charge in [-0.15, -0.1) is 0 Å². The molecular weight excluding hydrogens is 198 g/mol. The Kier molecular flexibility index (Phi) is 3.56. The van der Waals surface area contributed by atoms with E-state index in [0.29, 0.717) is 5.41 Å². The summed E-state index contributed by atoms with van der Waals surface area (Å²) in [7, 11) is 0. The van der Waals surface area contributed by atoms with E-state index in [4.69, 9.17) is 0 Å². The Hall–Kier alpha value is -0.530. The lowest BCUT2D eigenvalue weighted by atomic mass is 9.65. The highest BCUT2D eigenvalue weighted by atomic mass is 16.1. The number of carbonyl (C=O) groups is 1. The SMILES string of the molecule is CC(C)CC1CCCC2(CCC(=O)NC2)C1. The lowest BCUT2D eigenvalue weighted by molar-refractivity contribution is -0.125. The van der Waals surface area contributed by atoms with Crippen molar-refractivity contribution in [2.24, 2.45) is 17.3 Å². The Morgan fingerprint density at radius 1 is 1.44 bits per heavy atom. The van der Waals surface area contributed by atoms with Crippen LogP contribution >= 0.6 is 0 Å². The van der Waals surface area contributed by atoms with Crippen LogP contribution in [-0.4, -0.2) is 12.5 Å². The second kappa shape index (κ2) is 4.77. The second-order valence-corrected chi connectivity index (χ2v) is 6.37. The summed E-state index contributed by atoms with van der Waals surface area (Å²) in [6.07, 6.45) is 8.73. The van der Waals surface area contributed by atoms with Crippen LogP contribution in [0.1, 0.15) is 58.8 Å². The van der Waals surface area contributed by atoms with Gasteiger partial charge in [-0.2, -0.15) is 0 Å². The van der Waals surface area contributed by atoms with Crippen molar-refractivity contribution in [1.82, 2.24) is 5.32 Å². The first-order chi connectivity index (χ1) is 7.60. The number of amides is 1. The molecule has 2 fully saturated rings. The molecule has 0 radical (unpaired) electrons. The number of hydrogen-bond acceptors (Lipinski definition) is 1. The zero-order chi connectivity index (χ0) is 11.6. The predicted octanol–water partition coefficient (Wildman–Crippen LogP) is 3.12. The molecule has 1 heterocycles. The third-order valence-corrected chi connectivity index (χ3v) is 4.39. The van der Waals surface area contributed by atoms with Gasteiger partial charge in [0.05, 0.1) is 0 Å². The summed E-state index contributed by atoms with van der Waals surface area (Å²) in [5.74, 6) is 1.98. The van der Waals surface area contributed by atoms with Crippen LogP contribution in [0, 0.1) is 17.3 Å². The van der Waals surface area contributed by atoms with Crippen LogP contribution in [-0.2, 0) is 4.79 Å². The minimum absolute atomic E-state index is 0.261. The van der Waals surface area contributed by atoms with E-state index in [1.807, 2.05) is 0 Å². The first-order valence-corrected chi connectivity index (χ1v) is 6.86. The topological polar surface area (TPSA) is 29.1 Å². The van der Waals surface area contributed by atoms with Gasteiger partial charge in [-0.1, -0.05) is 26.7 Å². The van der Waals surface area contributed by atoms with Gasteiger partial charge in [-0.25, -0.2) is 0 Å². The van der Waals surface area contributed by atoms with Crippen LogP contribution in [0.3, 0.4) is 0 Å². The van der Waals surface area contributed by atoms with Crippen LogP contribution in [0.4, 0.5) is 0 Å². The molecule has 1 N–H and O–H groups in total. The maximum Gasteiger partial charge on any atom is 0.220 e. The Labute approximate surface area is 99.2 Å². The Morgan fingerprint density at radius 2 is 2.25 bits per heavy atom. The molecular formula is C14H25NO. The first-order valence-electron chi connectivity index (χ1n) is 6.86. The van der Waals surface area contributed by atoms with E-state index < -0.39 is 0 Å². The number of piperidine rings is 1. The van der Waals surface area contributed by atoms with Crippen LogP contribution in [0.2, 0.25) is 0 Å². The summed E-state index contributed by atoms with van der Waals surface area (Å²) < 4.78 is 0. The van der Waals surface area contributed by atoms with Crippen molar-refractivity contribution in [2.45, 2.75) is 58.8 Å². The standard InChI is InChI=1S/C14H25NO/c1-11(2)8-12-4-3-6-14(9-12)7-5-13(16)15-10-14/h11-12H,3-10H2,1-2H3,(H,15,16). The molecule has 2 rings (SSSR count). The first kappa shape index (κ1) is 11.9. The Morgan fingerprint density at radius 3 is 2.88 bits per heavy atom. The van der Waals surface area contributed by atoms with Gasteiger partial charge in [0.15, 0.2) is 0 Å².